The minimum atomic E-state index is -0.307. The number of nitrogens with one attached hydrogen (secondary N) is 1. The number of anilines is 3. The van der Waals surface area contributed by atoms with Gasteiger partial charge >= 0.3 is 0 Å². The number of thiophene rings is 1. The smallest absolute Gasteiger partial charge is 0.259 e. The Hall–Kier alpha value is -2.48. The van der Waals surface area contributed by atoms with Crippen LogP contribution in [0.15, 0.2) is 23.7 Å². The molecule has 14 heteroatoms. The first-order chi connectivity index (χ1) is 22.9. The van der Waals surface area contributed by atoms with E-state index in [1.165, 1.54) is 43.4 Å². The molecule has 6 heterocycles. The zero-order valence-electron chi connectivity index (χ0n) is 26.5. The minimum absolute atomic E-state index is 0.00669. The van der Waals surface area contributed by atoms with Crippen LogP contribution < -0.4 is 15.1 Å². The fraction of sp³-hybridized carbons (Fsp3) is 0.576. The molecule has 0 radical (unpaired) electrons. The third kappa shape index (κ3) is 7.58. The molecule has 252 valence electrons. The maximum absolute atomic E-state index is 13.4. The number of morpholine rings is 1. The summed E-state index contributed by atoms with van der Waals surface area (Å²) in [6, 6.07) is 4.32. The van der Waals surface area contributed by atoms with Crippen LogP contribution >= 0.6 is 45.9 Å². The highest BCUT2D eigenvalue weighted by Crippen LogP contribution is 2.42. The second-order valence-electron chi connectivity index (χ2n) is 12.8. The third-order valence-electron chi connectivity index (χ3n) is 9.87. The van der Waals surface area contributed by atoms with Gasteiger partial charge in [0, 0.05) is 75.9 Å². The molecule has 47 heavy (non-hydrogen) atoms. The third-order valence-corrected chi connectivity index (χ3v) is 12.5. The summed E-state index contributed by atoms with van der Waals surface area (Å²) in [6.07, 6.45) is 9.73. The monoisotopic (exact) mass is 717 g/mol. The summed E-state index contributed by atoms with van der Waals surface area (Å²) in [6.45, 7) is 7.84. The van der Waals surface area contributed by atoms with E-state index >= 15 is 0 Å². The lowest BCUT2D eigenvalue weighted by atomic mass is 9.94. The number of amides is 2. The Morgan fingerprint density at radius 2 is 1.64 bits per heavy atom. The van der Waals surface area contributed by atoms with Gasteiger partial charge in [0.1, 0.15) is 16.5 Å². The number of piperazine rings is 1. The number of thiazole rings is 1. The number of carbonyl (C=O) groups is 2. The highest BCUT2D eigenvalue weighted by atomic mass is 35.5. The molecule has 3 saturated heterocycles. The van der Waals surface area contributed by atoms with Crippen LogP contribution in [0.4, 0.5) is 16.0 Å². The summed E-state index contributed by atoms with van der Waals surface area (Å²) < 4.78 is 5.39. The second kappa shape index (κ2) is 15.0. The van der Waals surface area contributed by atoms with Gasteiger partial charge < -0.3 is 19.4 Å². The molecule has 0 unspecified atom stereocenters. The number of aromatic nitrogens is 2. The van der Waals surface area contributed by atoms with Crippen LogP contribution in [0, 0.1) is 5.92 Å². The summed E-state index contributed by atoms with van der Waals surface area (Å²) in [4.78, 5) is 45.9. The number of pyridine rings is 1. The van der Waals surface area contributed by atoms with Crippen molar-refractivity contribution in [3.8, 4) is 10.6 Å². The molecule has 0 spiro atoms. The van der Waals surface area contributed by atoms with Crippen LogP contribution in [0.2, 0.25) is 10.0 Å². The maximum Gasteiger partial charge on any atom is 0.259 e. The van der Waals surface area contributed by atoms with Crippen LogP contribution in [-0.4, -0.2) is 103 Å². The van der Waals surface area contributed by atoms with Gasteiger partial charge in [-0.2, -0.15) is 0 Å². The lowest BCUT2D eigenvalue weighted by Gasteiger charge is -2.41. The van der Waals surface area contributed by atoms with Gasteiger partial charge in [0.15, 0.2) is 5.13 Å². The fourth-order valence-corrected chi connectivity index (χ4v) is 9.69. The van der Waals surface area contributed by atoms with Crippen molar-refractivity contribution in [1.29, 1.82) is 0 Å². The minimum Gasteiger partial charge on any atom is -0.378 e. The zero-order chi connectivity index (χ0) is 32.3. The number of carbonyl (C=O) groups excluding carboxylic acids is 2. The van der Waals surface area contributed by atoms with E-state index in [1.807, 2.05) is 16.3 Å². The van der Waals surface area contributed by atoms with E-state index in [0.29, 0.717) is 72.0 Å². The quantitative estimate of drug-likeness (QED) is 0.302. The van der Waals surface area contributed by atoms with Crippen molar-refractivity contribution in [2.75, 3.05) is 80.7 Å². The van der Waals surface area contributed by atoms with E-state index in [9.17, 15) is 9.59 Å². The van der Waals surface area contributed by atoms with Crippen LogP contribution in [0.1, 0.15) is 55.3 Å². The Bertz CT molecular complexity index is 1560. The van der Waals surface area contributed by atoms with Crippen molar-refractivity contribution in [2.45, 2.75) is 51.0 Å². The number of nitrogens with zero attached hydrogens (tertiary/aromatic N) is 6. The maximum atomic E-state index is 13.4. The van der Waals surface area contributed by atoms with E-state index in [1.54, 1.807) is 23.6 Å². The van der Waals surface area contributed by atoms with Crippen molar-refractivity contribution >= 4 is 73.6 Å². The lowest BCUT2D eigenvalue weighted by Crippen LogP contribution is -2.50. The Kier molecular flexibility index (Phi) is 10.5. The number of hydrogen-bond donors (Lipinski definition) is 1. The molecule has 3 aliphatic heterocycles. The predicted molar refractivity (Wildman–Crippen MR) is 191 cm³/mol. The SMILES string of the molecule is O=C(Nc1nc(-c2cc(Cl)cs2)c(N2CCN(C3CCCCC3)CC2)s1)c1cnc(N2CCC(C(=O)N3CCOCC3)CC2)c(Cl)c1. The van der Waals surface area contributed by atoms with Gasteiger partial charge in [0.25, 0.3) is 5.91 Å². The van der Waals surface area contributed by atoms with E-state index < -0.39 is 0 Å². The molecule has 2 amide bonds. The van der Waals surface area contributed by atoms with Gasteiger partial charge in [-0.15, -0.1) is 11.3 Å². The number of piperidine rings is 1. The normalized spacial score (nSPS) is 20.5. The van der Waals surface area contributed by atoms with Crippen LogP contribution in [0.5, 0.6) is 0 Å². The Morgan fingerprint density at radius 3 is 2.32 bits per heavy atom. The van der Waals surface area contributed by atoms with Gasteiger partial charge in [-0.05, 0) is 37.8 Å². The second-order valence-corrected chi connectivity index (χ2v) is 15.5. The van der Waals surface area contributed by atoms with Crippen molar-refractivity contribution in [2.24, 2.45) is 5.92 Å². The molecule has 3 aromatic heterocycles. The molecule has 10 nitrogen and oxygen atoms in total. The molecule has 0 bridgehead atoms. The van der Waals surface area contributed by atoms with Crippen molar-refractivity contribution in [3.63, 3.8) is 0 Å². The molecule has 4 fully saturated rings. The molecule has 1 aliphatic carbocycles. The average Bonchev–Trinajstić information content (AvgIpc) is 3.75. The summed E-state index contributed by atoms with van der Waals surface area (Å²) in [5.41, 5.74) is 1.23. The summed E-state index contributed by atoms with van der Waals surface area (Å²) in [5.74, 6) is 0.559. The van der Waals surface area contributed by atoms with E-state index in [-0.39, 0.29) is 17.7 Å². The molecular weight excluding hydrogens is 677 g/mol. The lowest BCUT2D eigenvalue weighted by molar-refractivity contribution is -0.140. The number of ether oxygens (including phenoxy) is 1. The first kappa shape index (κ1) is 33.0. The van der Waals surface area contributed by atoms with Gasteiger partial charge in [-0.1, -0.05) is 53.8 Å². The predicted octanol–water partition coefficient (Wildman–Crippen LogP) is 6.36. The molecular formula is C33H41Cl2N7O3S2. The molecule has 1 saturated carbocycles. The number of hydrogen-bond acceptors (Lipinski definition) is 10. The largest absolute Gasteiger partial charge is 0.378 e. The highest BCUT2D eigenvalue weighted by molar-refractivity contribution is 7.21. The van der Waals surface area contributed by atoms with Crippen LogP contribution in [-0.2, 0) is 9.53 Å². The van der Waals surface area contributed by atoms with E-state index in [0.717, 1.165) is 54.6 Å². The molecule has 1 N–H and O–H groups in total. The summed E-state index contributed by atoms with van der Waals surface area (Å²) >= 11 is 16.1. The van der Waals surface area contributed by atoms with Crippen molar-refractivity contribution in [1.82, 2.24) is 19.8 Å². The molecule has 4 aliphatic rings. The molecule has 7 rings (SSSR count). The van der Waals surface area contributed by atoms with E-state index in [2.05, 4.69) is 25.0 Å². The van der Waals surface area contributed by atoms with Crippen molar-refractivity contribution < 1.29 is 14.3 Å². The molecule has 0 atom stereocenters. The van der Waals surface area contributed by atoms with E-state index in [4.69, 9.17) is 32.9 Å². The number of halogens is 2. The Morgan fingerprint density at radius 1 is 0.894 bits per heavy atom. The fourth-order valence-electron chi connectivity index (χ4n) is 7.25. The summed E-state index contributed by atoms with van der Waals surface area (Å²) in [5, 5.41) is 7.62. The Labute approximate surface area is 294 Å². The highest BCUT2D eigenvalue weighted by Gasteiger charge is 2.31. The topological polar surface area (TPSA) is 94.1 Å². The number of rotatable bonds is 7. The van der Waals surface area contributed by atoms with Gasteiger partial charge in [-0.3, -0.25) is 19.8 Å². The van der Waals surface area contributed by atoms with Crippen LogP contribution in [0.3, 0.4) is 0 Å². The van der Waals surface area contributed by atoms with Gasteiger partial charge in [0.05, 0.1) is 33.7 Å². The standard InChI is InChI=1S/C33H41Cl2N7O3S2/c34-24-19-27(46-21-24)28-32(42-12-10-39(11-13-42)25-4-2-1-3-5-25)47-33(37-28)38-30(43)23-18-26(35)29(36-20-23)40-8-6-22(7-9-40)31(44)41-14-16-45-17-15-41/h18-22,25H,1-17H2,(H,37,38,43). The molecule has 0 aromatic carbocycles. The summed E-state index contributed by atoms with van der Waals surface area (Å²) in [7, 11) is 0. The average molecular weight is 719 g/mol. The van der Waals surface area contributed by atoms with Crippen LogP contribution in [0.25, 0.3) is 10.6 Å². The molecule has 3 aromatic rings. The van der Waals surface area contributed by atoms with Gasteiger partial charge in [0.2, 0.25) is 5.91 Å². The Balaban J connectivity index is 1.00. The first-order valence-electron chi connectivity index (χ1n) is 16.8. The first-order valence-corrected chi connectivity index (χ1v) is 19.2. The van der Waals surface area contributed by atoms with Crippen molar-refractivity contribution in [3.05, 3.63) is 39.3 Å². The zero-order valence-corrected chi connectivity index (χ0v) is 29.6. The van der Waals surface area contributed by atoms with Gasteiger partial charge in [-0.25, -0.2) is 9.97 Å².